The average molecular weight is 510 g/mol. The second kappa shape index (κ2) is 22.0. The molecular weight excluding hydrogens is 450 g/mol. The fraction of sp³-hybridized carbons (Fsp3) is 0.931. The lowest BCUT2D eigenvalue weighted by molar-refractivity contribution is -0.121. The minimum atomic E-state index is 0.183. The first-order valence-electron chi connectivity index (χ1n) is 15.2. The van der Waals surface area contributed by atoms with Gasteiger partial charge in [-0.25, -0.2) is 0 Å². The highest BCUT2D eigenvalue weighted by Gasteiger charge is 2.16. The molecule has 1 aliphatic rings. The molecule has 0 atom stereocenters. The van der Waals surface area contributed by atoms with E-state index in [0.29, 0.717) is 25.2 Å². The Morgan fingerprint density at radius 3 is 1.47 bits per heavy atom. The average Bonchev–Trinajstić information content (AvgIpc) is 2.87. The van der Waals surface area contributed by atoms with Crippen LogP contribution in [0.5, 0.6) is 0 Å². The summed E-state index contributed by atoms with van der Waals surface area (Å²) in [5.41, 5.74) is 0. The Hall–Kier alpha value is -1.02. The number of rotatable bonds is 17. The third kappa shape index (κ3) is 16.7. The molecule has 1 saturated heterocycles. The third-order valence-electron chi connectivity index (χ3n) is 7.63. The maximum atomic E-state index is 12.8. The number of nitrogens with zero attached hydrogens (tertiary/aromatic N) is 4. The van der Waals surface area contributed by atoms with Gasteiger partial charge in [0.25, 0.3) is 0 Å². The van der Waals surface area contributed by atoms with E-state index in [0.717, 1.165) is 111 Å². The fourth-order valence-electron chi connectivity index (χ4n) is 4.84. The maximum Gasteiger partial charge on any atom is 0.219 e. The van der Waals surface area contributed by atoms with Gasteiger partial charge in [0, 0.05) is 71.7 Å². The van der Waals surface area contributed by atoms with Gasteiger partial charge >= 0.3 is 0 Å². The normalized spacial score (nSPS) is 18.0. The number of carbonyl (C=O) groups is 2. The van der Waals surface area contributed by atoms with Crippen molar-refractivity contribution < 1.29 is 9.59 Å². The van der Waals surface area contributed by atoms with Crippen molar-refractivity contribution in [3.8, 4) is 0 Å². The molecule has 7 heteroatoms. The van der Waals surface area contributed by atoms with E-state index in [9.17, 15) is 9.59 Å². The molecule has 1 rings (SSSR count). The molecule has 1 heterocycles. The number of amides is 1. The van der Waals surface area contributed by atoms with E-state index < -0.39 is 0 Å². The number of nitrogens with one attached hydrogen (secondary N) is 1. The number of hydrogen-bond acceptors (Lipinski definition) is 6. The Kier molecular flexibility index (Phi) is 20.2. The molecule has 0 spiro atoms. The Morgan fingerprint density at radius 1 is 0.556 bits per heavy atom. The van der Waals surface area contributed by atoms with Crippen molar-refractivity contribution in [2.45, 2.75) is 91.9 Å². The van der Waals surface area contributed by atoms with Crippen LogP contribution in [0.25, 0.3) is 0 Å². The summed E-state index contributed by atoms with van der Waals surface area (Å²) in [5.74, 6) is 0.553. The first kappa shape index (κ1) is 33.0. The van der Waals surface area contributed by atoms with Crippen LogP contribution < -0.4 is 5.32 Å². The summed E-state index contributed by atoms with van der Waals surface area (Å²) in [6.45, 7) is 22.1. The Labute approximate surface area is 223 Å². The summed E-state index contributed by atoms with van der Waals surface area (Å²) in [4.78, 5) is 34.7. The molecule has 0 unspecified atom stereocenters. The van der Waals surface area contributed by atoms with Crippen molar-refractivity contribution in [1.29, 1.82) is 0 Å². The number of ketones is 1. The predicted molar refractivity (Wildman–Crippen MR) is 153 cm³/mol. The van der Waals surface area contributed by atoms with Gasteiger partial charge in [0.2, 0.25) is 5.91 Å². The molecule has 0 radical (unpaired) electrons. The fourth-order valence-corrected chi connectivity index (χ4v) is 4.84. The summed E-state index contributed by atoms with van der Waals surface area (Å²) in [6.07, 6.45) is 9.99. The second-order valence-corrected chi connectivity index (χ2v) is 10.4. The van der Waals surface area contributed by atoms with Crippen LogP contribution in [0.15, 0.2) is 0 Å². The van der Waals surface area contributed by atoms with E-state index in [1.165, 1.54) is 19.3 Å². The molecule has 36 heavy (non-hydrogen) atoms. The van der Waals surface area contributed by atoms with Crippen LogP contribution in [-0.2, 0) is 9.59 Å². The lowest BCUT2D eigenvalue weighted by Crippen LogP contribution is -2.46. The van der Waals surface area contributed by atoms with Crippen LogP contribution in [-0.4, -0.2) is 116 Å². The summed E-state index contributed by atoms with van der Waals surface area (Å²) in [6, 6.07) is 0. The molecule has 0 aromatic rings. The monoisotopic (exact) mass is 509 g/mol. The van der Waals surface area contributed by atoms with Crippen molar-refractivity contribution in [2.75, 3.05) is 85.1 Å². The van der Waals surface area contributed by atoms with Crippen LogP contribution in [0, 0.1) is 0 Å². The van der Waals surface area contributed by atoms with Crippen LogP contribution in [0.4, 0.5) is 0 Å². The van der Waals surface area contributed by atoms with Crippen molar-refractivity contribution in [2.24, 2.45) is 0 Å². The number of hydrogen-bond donors (Lipinski definition) is 1. The lowest BCUT2D eigenvalue weighted by atomic mass is 10.1. The quantitative estimate of drug-likeness (QED) is 0.300. The first-order chi connectivity index (χ1) is 17.5. The van der Waals surface area contributed by atoms with Crippen LogP contribution in [0.3, 0.4) is 0 Å². The number of unbranched alkanes of at least 4 members (excludes halogenated alkanes) is 6. The first-order valence-corrected chi connectivity index (χ1v) is 15.2. The van der Waals surface area contributed by atoms with Gasteiger partial charge in [-0.05, 0) is 38.9 Å². The summed E-state index contributed by atoms with van der Waals surface area (Å²) >= 11 is 0. The molecule has 1 fully saturated rings. The van der Waals surface area contributed by atoms with Crippen LogP contribution >= 0.6 is 0 Å². The van der Waals surface area contributed by atoms with Gasteiger partial charge in [-0.2, -0.15) is 0 Å². The van der Waals surface area contributed by atoms with Crippen molar-refractivity contribution in [3.05, 3.63) is 0 Å². The number of carbonyl (C=O) groups excluding carboxylic acids is 2. The molecule has 1 N–H and O–H groups in total. The highest BCUT2D eigenvalue weighted by molar-refractivity contribution is 5.80. The summed E-state index contributed by atoms with van der Waals surface area (Å²) in [7, 11) is 0. The van der Waals surface area contributed by atoms with Gasteiger partial charge in [-0.1, -0.05) is 59.8 Å². The molecule has 0 aromatic heterocycles. The minimum Gasteiger partial charge on any atom is -0.356 e. The number of Topliss-reactive ketones (excluding diaryl/α,β-unsaturated/α-hetero) is 1. The van der Waals surface area contributed by atoms with E-state index in [1.807, 2.05) is 0 Å². The molecule has 1 aliphatic heterocycles. The third-order valence-corrected chi connectivity index (χ3v) is 7.63. The SMILES string of the molecule is CCCCCCNC(=O)CCCCCCC(=O)CN1CCN(CC)CCN(CC)CCN(CC)CC1. The topological polar surface area (TPSA) is 59.1 Å². The van der Waals surface area contributed by atoms with Gasteiger partial charge in [0.1, 0.15) is 5.78 Å². The highest BCUT2D eigenvalue weighted by Crippen LogP contribution is 2.08. The molecule has 0 aliphatic carbocycles. The van der Waals surface area contributed by atoms with E-state index in [1.54, 1.807) is 0 Å². The highest BCUT2D eigenvalue weighted by atomic mass is 16.1. The second-order valence-electron chi connectivity index (χ2n) is 10.4. The van der Waals surface area contributed by atoms with E-state index in [2.05, 4.69) is 52.6 Å². The smallest absolute Gasteiger partial charge is 0.219 e. The minimum absolute atomic E-state index is 0.183. The molecule has 0 aromatic carbocycles. The molecule has 0 saturated carbocycles. The molecule has 212 valence electrons. The standard InChI is InChI=1S/C29H59N5O2/c1-5-9-10-15-18-30-29(36)17-14-12-11-13-16-28(35)27-34-25-23-32(7-3)21-19-31(6-2)20-22-33(8-4)24-26-34/h5-27H2,1-4H3,(H,30,36). The van der Waals surface area contributed by atoms with E-state index in [-0.39, 0.29) is 5.91 Å². The predicted octanol–water partition coefficient (Wildman–Crippen LogP) is 3.87. The van der Waals surface area contributed by atoms with Gasteiger partial charge in [0.15, 0.2) is 0 Å². The van der Waals surface area contributed by atoms with Gasteiger partial charge < -0.3 is 20.0 Å². The van der Waals surface area contributed by atoms with Gasteiger partial charge in [0.05, 0.1) is 6.54 Å². The van der Waals surface area contributed by atoms with Crippen LogP contribution in [0.1, 0.15) is 91.9 Å². The number of likely N-dealkylation sites (N-methyl/N-ethyl adjacent to an activating group) is 3. The summed E-state index contributed by atoms with van der Waals surface area (Å²) in [5, 5.41) is 3.03. The zero-order valence-corrected chi connectivity index (χ0v) is 24.4. The van der Waals surface area contributed by atoms with Crippen molar-refractivity contribution in [3.63, 3.8) is 0 Å². The van der Waals surface area contributed by atoms with Crippen molar-refractivity contribution in [1.82, 2.24) is 24.9 Å². The zero-order valence-electron chi connectivity index (χ0n) is 24.4. The Bertz CT molecular complexity index is 540. The molecular formula is C29H59N5O2. The zero-order chi connectivity index (χ0) is 26.4. The van der Waals surface area contributed by atoms with Crippen LogP contribution in [0.2, 0.25) is 0 Å². The Morgan fingerprint density at radius 2 is 1.00 bits per heavy atom. The van der Waals surface area contributed by atoms with Gasteiger partial charge in [-0.15, -0.1) is 0 Å². The van der Waals surface area contributed by atoms with E-state index in [4.69, 9.17) is 0 Å². The summed E-state index contributed by atoms with van der Waals surface area (Å²) < 4.78 is 0. The van der Waals surface area contributed by atoms with E-state index >= 15 is 0 Å². The molecule has 7 nitrogen and oxygen atoms in total. The molecule has 1 amide bonds. The van der Waals surface area contributed by atoms with Crippen molar-refractivity contribution >= 4 is 11.7 Å². The maximum absolute atomic E-state index is 12.8. The Balaban J connectivity index is 2.30. The lowest BCUT2D eigenvalue weighted by Gasteiger charge is -2.33. The molecule has 0 bridgehead atoms. The largest absolute Gasteiger partial charge is 0.356 e. The van der Waals surface area contributed by atoms with Gasteiger partial charge in [-0.3, -0.25) is 14.5 Å².